The molecular weight excluding hydrogens is 336 g/mol. The number of nitrogens with zero attached hydrogens (tertiary/aromatic N) is 1. The van der Waals surface area contributed by atoms with Gasteiger partial charge in [-0.2, -0.15) is 0 Å². The van der Waals surface area contributed by atoms with Crippen molar-refractivity contribution >= 4 is 23.2 Å². The van der Waals surface area contributed by atoms with Gasteiger partial charge < -0.3 is 24.4 Å². The molecule has 2 aromatic rings. The number of nitrogens with one attached hydrogen (secondary N) is 1. The van der Waals surface area contributed by atoms with Gasteiger partial charge >= 0.3 is 0 Å². The van der Waals surface area contributed by atoms with Crippen LogP contribution in [0, 0.1) is 0 Å². The Kier molecular flexibility index (Phi) is 5.26. The number of fused-ring (bicyclic) bond motifs is 1. The molecule has 0 aromatic heterocycles. The zero-order valence-electron chi connectivity index (χ0n) is 14.7. The number of carbonyl (C=O) groups excluding carboxylic acids is 2. The zero-order valence-corrected chi connectivity index (χ0v) is 14.7. The van der Waals surface area contributed by atoms with Crippen LogP contribution in [0.15, 0.2) is 42.5 Å². The van der Waals surface area contributed by atoms with Gasteiger partial charge in [0.2, 0.25) is 18.6 Å². The van der Waals surface area contributed by atoms with Crippen LogP contribution in [0.1, 0.15) is 13.3 Å². The van der Waals surface area contributed by atoms with Crippen molar-refractivity contribution in [3.8, 4) is 17.2 Å². The van der Waals surface area contributed by atoms with Gasteiger partial charge in [-0.1, -0.05) is 6.07 Å². The van der Waals surface area contributed by atoms with E-state index >= 15 is 0 Å². The average Bonchev–Trinajstić information content (AvgIpc) is 3.09. The molecule has 0 saturated carbocycles. The number of ether oxygens (including phenoxy) is 3. The summed E-state index contributed by atoms with van der Waals surface area (Å²) in [6.07, 6.45) is 0.158. The maximum atomic E-state index is 12.2. The lowest BCUT2D eigenvalue weighted by Gasteiger charge is -2.21. The SMILES string of the molecule is COc1cccc(NC(=O)CCN(C(C)=O)c2ccc3c(c2)OCO3)c1. The van der Waals surface area contributed by atoms with E-state index in [1.807, 2.05) is 0 Å². The summed E-state index contributed by atoms with van der Waals surface area (Å²) in [6, 6.07) is 12.4. The van der Waals surface area contributed by atoms with Crippen molar-refractivity contribution < 1.29 is 23.8 Å². The molecule has 0 radical (unpaired) electrons. The first-order valence-electron chi connectivity index (χ1n) is 8.18. The fraction of sp³-hybridized carbons (Fsp3) is 0.263. The van der Waals surface area contributed by atoms with Crippen LogP contribution in [0.3, 0.4) is 0 Å². The van der Waals surface area contributed by atoms with E-state index in [0.717, 1.165) is 0 Å². The molecule has 0 saturated heterocycles. The van der Waals surface area contributed by atoms with Crippen LogP contribution in [-0.2, 0) is 9.59 Å². The summed E-state index contributed by atoms with van der Waals surface area (Å²) < 4.78 is 15.8. The van der Waals surface area contributed by atoms with Crippen LogP contribution in [0.5, 0.6) is 17.2 Å². The van der Waals surface area contributed by atoms with Gasteiger partial charge in [-0.25, -0.2) is 0 Å². The predicted molar refractivity (Wildman–Crippen MR) is 96.8 cm³/mol. The minimum Gasteiger partial charge on any atom is -0.497 e. The zero-order chi connectivity index (χ0) is 18.5. The van der Waals surface area contributed by atoms with Gasteiger partial charge in [0.25, 0.3) is 0 Å². The summed E-state index contributed by atoms with van der Waals surface area (Å²) in [5.74, 6) is 1.56. The Morgan fingerprint density at radius 3 is 2.73 bits per heavy atom. The minimum atomic E-state index is -0.190. The molecule has 2 amide bonds. The molecule has 3 rings (SSSR count). The molecule has 1 heterocycles. The average molecular weight is 356 g/mol. The number of rotatable bonds is 6. The lowest BCUT2D eigenvalue weighted by molar-refractivity contribution is -0.117. The Balaban J connectivity index is 1.63. The van der Waals surface area contributed by atoms with E-state index in [4.69, 9.17) is 14.2 Å². The Bertz CT molecular complexity index is 821. The molecule has 0 spiro atoms. The van der Waals surface area contributed by atoms with Gasteiger partial charge in [-0.15, -0.1) is 0 Å². The number of hydrogen-bond acceptors (Lipinski definition) is 5. The van der Waals surface area contributed by atoms with Crippen molar-refractivity contribution in [3.63, 3.8) is 0 Å². The van der Waals surface area contributed by atoms with E-state index in [-0.39, 0.29) is 31.6 Å². The minimum absolute atomic E-state index is 0.155. The maximum Gasteiger partial charge on any atom is 0.231 e. The van der Waals surface area contributed by atoms with Crippen molar-refractivity contribution in [1.82, 2.24) is 0 Å². The van der Waals surface area contributed by atoms with Crippen molar-refractivity contribution in [2.45, 2.75) is 13.3 Å². The second kappa shape index (κ2) is 7.77. The van der Waals surface area contributed by atoms with Crippen LogP contribution in [0.25, 0.3) is 0 Å². The molecule has 1 aliphatic heterocycles. The van der Waals surface area contributed by atoms with Crippen molar-refractivity contribution in [1.29, 1.82) is 0 Å². The van der Waals surface area contributed by atoms with Gasteiger partial charge in [-0.05, 0) is 24.3 Å². The molecule has 0 bridgehead atoms. The van der Waals surface area contributed by atoms with E-state index in [1.165, 1.54) is 11.8 Å². The van der Waals surface area contributed by atoms with Gasteiger partial charge in [0.15, 0.2) is 11.5 Å². The topological polar surface area (TPSA) is 77.1 Å². The molecule has 7 nitrogen and oxygen atoms in total. The second-order valence-corrected chi connectivity index (χ2v) is 5.74. The van der Waals surface area contributed by atoms with Crippen molar-refractivity contribution in [2.75, 3.05) is 30.7 Å². The molecular formula is C19H20N2O5. The number of methoxy groups -OCH3 is 1. The Labute approximate surface area is 151 Å². The quantitative estimate of drug-likeness (QED) is 0.861. The molecule has 1 N–H and O–H groups in total. The molecule has 2 aromatic carbocycles. The first-order valence-corrected chi connectivity index (χ1v) is 8.18. The third-order valence-electron chi connectivity index (χ3n) is 3.96. The van der Waals surface area contributed by atoms with Crippen molar-refractivity contribution in [2.24, 2.45) is 0 Å². The van der Waals surface area contributed by atoms with Gasteiger partial charge in [0.1, 0.15) is 5.75 Å². The van der Waals surface area contributed by atoms with Gasteiger partial charge in [-0.3, -0.25) is 9.59 Å². The van der Waals surface area contributed by atoms with Crippen molar-refractivity contribution in [3.05, 3.63) is 42.5 Å². The number of benzene rings is 2. The largest absolute Gasteiger partial charge is 0.497 e. The molecule has 26 heavy (non-hydrogen) atoms. The number of amides is 2. The van der Waals surface area contributed by atoms with E-state index in [1.54, 1.807) is 49.6 Å². The highest BCUT2D eigenvalue weighted by Gasteiger charge is 2.19. The third kappa shape index (κ3) is 4.05. The van der Waals surface area contributed by atoms with E-state index < -0.39 is 0 Å². The molecule has 0 unspecified atom stereocenters. The lowest BCUT2D eigenvalue weighted by atomic mass is 10.2. The van der Waals surface area contributed by atoms with Gasteiger partial charge in [0.05, 0.1) is 7.11 Å². The lowest BCUT2D eigenvalue weighted by Crippen LogP contribution is -2.31. The fourth-order valence-corrected chi connectivity index (χ4v) is 2.66. The fourth-order valence-electron chi connectivity index (χ4n) is 2.66. The maximum absolute atomic E-state index is 12.2. The van der Waals surface area contributed by atoms with E-state index in [2.05, 4.69) is 5.32 Å². The highest BCUT2D eigenvalue weighted by Crippen LogP contribution is 2.35. The van der Waals surface area contributed by atoms with Crippen LogP contribution >= 0.6 is 0 Å². The molecule has 136 valence electrons. The van der Waals surface area contributed by atoms with Gasteiger partial charge in [0, 0.05) is 43.4 Å². The summed E-state index contributed by atoms with van der Waals surface area (Å²) in [6.45, 7) is 1.89. The number of anilines is 2. The molecule has 0 atom stereocenters. The molecule has 7 heteroatoms. The first kappa shape index (κ1) is 17.6. The summed E-state index contributed by atoms with van der Waals surface area (Å²) in [7, 11) is 1.57. The first-order chi connectivity index (χ1) is 12.6. The second-order valence-electron chi connectivity index (χ2n) is 5.74. The highest BCUT2D eigenvalue weighted by atomic mass is 16.7. The Morgan fingerprint density at radius 2 is 1.96 bits per heavy atom. The monoisotopic (exact) mass is 356 g/mol. The predicted octanol–water partition coefficient (Wildman–Crippen LogP) is 2.81. The highest BCUT2D eigenvalue weighted by molar-refractivity contribution is 5.95. The standard InChI is InChI=1S/C19H20N2O5/c1-13(22)21(15-6-7-17-18(11-15)26-12-25-17)9-8-19(23)20-14-4-3-5-16(10-14)24-2/h3-7,10-11H,8-9,12H2,1-2H3,(H,20,23). The number of carbonyl (C=O) groups is 2. The van der Waals surface area contributed by atoms with Crippen LogP contribution in [-0.4, -0.2) is 32.3 Å². The summed E-state index contributed by atoms with van der Waals surface area (Å²) >= 11 is 0. The summed E-state index contributed by atoms with van der Waals surface area (Å²) in [5, 5.41) is 2.80. The third-order valence-corrected chi connectivity index (χ3v) is 3.96. The normalized spacial score (nSPS) is 11.8. The van der Waals surface area contributed by atoms with Crippen LogP contribution in [0.2, 0.25) is 0 Å². The van der Waals surface area contributed by atoms with Crippen LogP contribution < -0.4 is 24.4 Å². The summed E-state index contributed by atoms with van der Waals surface area (Å²) in [5.41, 5.74) is 1.31. The number of hydrogen-bond donors (Lipinski definition) is 1. The van der Waals surface area contributed by atoms with E-state index in [0.29, 0.717) is 28.6 Å². The molecule has 0 fully saturated rings. The smallest absolute Gasteiger partial charge is 0.231 e. The summed E-state index contributed by atoms with van der Waals surface area (Å²) in [4.78, 5) is 25.8. The molecule has 0 aliphatic carbocycles. The Morgan fingerprint density at radius 1 is 1.15 bits per heavy atom. The van der Waals surface area contributed by atoms with E-state index in [9.17, 15) is 9.59 Å². The Hall–Kier alpha value is -3.22. The molecule has 1 aliphatic rings. The van der Waals surface area contributed by atoms with Crippen LogP contribution in [0.4, 0.5) is 11.4 Å².